The molecule has 1 fully saturated rings. The van der Waals surface area contributed by atoms with E-state index < -0.39 is 0 Å². The molecule has 0 spiro atoms. The number of nitrogens with one attached hydrogen (secondary N) is 1. The zero-order chi connectivity index (χ0) is 19.5. The molecular weight excluding hydrogens is 368 g/mol. The lowest BCUT2D eigenvalue weighted by Gasteiger charge is -2.27. The van der Waals surface area contributed by atoms with Gasteiger partial charge in [-0.3, -0.25) is 9.48 Å². The summed E-state index contributed by atoms with van der Waals surface area (Å²) in [6, 6.07) is 9.10. The summed E-state index contributed by atoms with van der Waals surface area (Å²) in [7, 11) is 0. The molecule has 1 amide bonds. The number of amides is 1. The fourth-order valence-electron chi connectivity index (χ4n) is 4.18. The zero-order valence-corrected chi connectivity index (χ0v) is 17.7. The third-order valence-electron chi connectivity index (χ3n) is 5.86. The highest BCUT2D eigenvalue weighted by Gasteiger charge is 2.31. The van der Waals surface area contributed by atoms with Crippen LogP contribution in [0, 0.1) is 6.92 Å². The van der Waals surface area contributed by atoms with E-state index in [4.69, 9.17) is 5.10 Å². The van der Waals surface area contributed by atoms with Gasteiger partial charge in [0.15, 0.2) is 5.69 Å². The van der Waals surface area contributed by atoms with Crippen LogP contribution in [0.4, 0.5) is 0 Å². The molecule has 1 aliphatic heterocycles. The number of fused-ring (bicyclic) bond motifs is 1. The molecule has 2 aliphatic rings. The Balaban J connectivity index is 1.49. The molecule has 150 valence electrons. The third-order valence-corrected chi connectivity index (χ3v) is 6.80. The first-order valence-corrected chi connectivity index (χ1v) is 11.6. The molecule has 1 aliphatic carbocycles. The number of carbonyl (C=O) groups is 1. The summed E-state index contributed by atoms with van der Waals surface area (Å²) >= 11 is 1.93. The van der Waals surface area contributed by atoms with Crippen LogP contribution in [0.15, 0.2) is 24.3 Å². The van der Waals surface area contributed by atoms with Gasteiger partial charge < -0.3 is 10.2 Å². The number of thioether (sulfide) groups is 1. The first kappa shape index (κ1) is 19.5. The van der Waals surface area contributed by atoms with Gasteiger partial charge in [-0.15, -0.1) is 0 Å². The van der Waals surface area contributed by atoms with Crippen LogP contribution in [0.5, 0.6) is 0 Å². The highest BCUT2D eigenvalue weighted by atomic mass is 32.2. The van der Waals surface area contributed by atoms with Crippen LogP contribution in [-0.4, -0.2) is 51.2 Å². The molecule has 6 heteroatoms. The number of hydrogen-bond donors (Lipinski definition) is 1. The average Bonchev–Trinajstić information content (AvgIpc) is 3.11. The normalized spacial score (nSPS) is 19.5. The molecule has 1 N–H and O–H groups in total. The predicted molar refractivity (Wildman–Crippen MR) is 115 cm³/mol. The second-order valence-corrected chi connectivity index (χ2v) is 9.03. The van der Waals surface area contributed by atoms with Gasteiger partial charge in [-0.1, -0.05) is 29.8 Å². The highest BCUT2D eigenvalue weighted by molar-refractivity contribution is 7.99. The van der Waals surface area contributed by atoms with Crippen molar-refractivity contribution < 1.29 is 4.79 Å². The molecule has 1 saturated heterocycles. The Bertz CT molecular complexity index is 824. The fourth-order valence-corrected chi connectivity index (χ4v) is 5.08. The summed E-state index contributed by atoms with van der Waals surface area (Å²) in [4.78, 5) is 15.1. The number of carbonyl (C=O) groups excluding carboxylic acids is 1. The minimum atomic E-state index is 0.128. The van der Waals surface area contributed by atoms with E-state index in [1.54, 1.807) is 0 Å². The Hall–Kier alpha value is -1.79. The Morgan fingerprint density at radius 1 is 1.25 bits per heavy atom. The van der Waals surface area contributed by atoms with E-state index >= 15 is 0 Å². The Morgan fingerprint density at radius 3 is 2.71 bits per heavy atom. The van der Waals surface area contributed by atoms with Gasteiger partial charge in [-0.2, -0.15) is 16.9 Å². The second kappa shape index (κ2) is 8.70. The molecule has 1 aromatic heterocycles. The standard InChI is InChI=1S/C22H30N4OS/c1-3-26-20-9-8-18(23-15-17-6-4-16(2)5-7-17)14-19(20)21(24-26)22(27)25-10-12-28-13-11-25/h4-7,18,23H,3,8-15H2,1-2H3. The second-order valence-electron chi connectivity index (χ2n) is 7.80. The predicted octanol–water partition coefficient (Wildman–Crippen LogP) is 3.05. The van der Waals surface area contributed by atoms with Gasteiger partial charge >= 0.3 is 0 Å². The van der Waals surface area contributed by atoms with Gasteiger partial charge in [0, 0.05) is 55.0 Å². The lowest BCUT2D eigenvalue weighted by molar-refractivity contribution is 0.0764. The van der Waals surface area contributed by atoms with E-state index in [-0.39, 0.29) is 5.91 Å². The summed E-state index contributed by atoms with van der Waals surface area (Å²) in [6.07, 6.45) is 2.98. The minimum absolute atomic E-state index is 0.128. The number of benzene rings is 1. The van der Waals surface area contributed by atoms with Crippen LogP contribution in [0.25, 0.3) is 0 Å². The number of hydrogen-bond acceptors (Lipinski definition) is 4. The van der Waals surface area contributed by atoms with Crippen molar-refractivity contribution in [2.75, 3.05) is 24.6 Å². The summed E-state index contributed by atoms with van der Waals surface area (Å²) in [5, 5.41) is 8.44. The first-order valence-electron chi connectivity index (χ1n) is 10.4. The van der Waals surface area contributed by atoms with Crippen molar-refractivity contribution in [3.8, 4) is 0 Å². The van der Waals surface area contributed by atoms with Gasteiger partial charge in [-0.05, 0) is 38.7 Å². The van der Waals surface area contributed by atoms with E-state index in [1.807, 2.05) is 16.7 Å². The monoisotopic (exact) mass is 398 g/mol. The summed E-state index contributed by atoms with van der Waals surface area (Å²) in [6.45, 7) is 7.60. The zero-order valence-electron chi connectivity index (χ0n) is 16.9. The van der Waals surface area contributed by atoms with E-state index in [9.17, 15) is 4.79 Å². The Kier molecular flexibility index (Phi) is 6.07. The van der Waals surface area contributed by atoms with Gasteiger partial charge in [-0.25, -0.2) is 0 Å². The Labute approximate surface area is 171 Å². The fraction of sp³-hybridized carbons (Fsp3) is 0.545. The van der Waals surface area contributed by atoms with Gasteiger partial charge in [0.2, 0.25) is 0 Å². The van der Waals surface area contributed by atoms with Crippen molar-refractivity contribution in [3.63, 3.8) is 0 Å². The molecule has 2 aromatic rings. The van der Waals surface area contributed by atoms with Crippen molar-refractivity contribution in [3.05, 3.63) is 52.3 Å². The molecule has 0 saturated carbocycles. The van der Waals surface area contributed by atoms with Crippen molar-refractivity contribution in [2.45, 2.75) is 52.2 Å². The van der Waals surface area contributed by atoms with Crippen LogP contribution >= 0.6 is 11.8 Å². The van der Waals surface area contributed by atoms with Crippen LogP contribution in [0.1, 0.15) is 46.2 Å². The maximum atomic E-state index is 13.1. The smallest absolute Gasteiger partial charge is 0.274 e. The summed E-state index contributed by atoms with van der Waals surface area (Å²) in [5.74, 6) is 2.19. The summed E-state index contributed by atoms with van der Waals surface area (Å²) < 4.78 is 2.05. The Morgan fingerprint density at radius 2 is 2.00 bits per heavy atom. The van der Waals surface area contributed by atoms with Crippen LogP contribution in [-0.2, 0) is 25.9 Å². The quantitative estimate of drug-likeness (QED) is 0.841. The molecule has 0 radical (unpaired) electrons. The number of nitrogens with zero attached hydrogens (tertiary/aromatic N) is 3. The first-order chi connectivity index (χ1) is 13.7. The van der Waals surface area contributed by atoms with E-state index in [0.717, 1.165) is 56.9 Å². The van der Waals surface area contributed by atoms with Crippen molar-refractivity contribution in [2.24, 2.45) is 0 Å². The molecule has 0 bridgehead atoms. The van der Waals surface area contributed by atoms with Crippen LogP contribution in [0.3, 0.4) is 0 Å². The number of aryl methyl sites for hydroxylation is 2. The molecular formula is C22H30N4OS. The average molecular weight is 399 g/mol. The minimum Gasteiger partial charge on any atom is -0.336 e. The lowest BCUT2D eigenvalue weighted by atomic mass is 9.91. The lowest BCUT2D eigenvalue weighted by Crippen LogP contribution is -2.39. The molecule has 1 unspecified atom stereocenters. The SMILES string of the molecule is CCn1nc(C(=O)N2CCSCC2)c2c1CCC(NCc1ccc(C)cc1)C2. The molecule has 2 heterocycles. The van der Waals surface area contributed by atoms with Crippen molar-refractivity contribution in [1.29, 1.82) is 0 Å². The molecule has 1 atom stereocenters. The van der Waals surface area contributed by atoms with Gasteiger partial charge in [0.05, 0.1) is 0 Å². The van der Waals surface area contributed by atoms with Crippen LogP contribution in [0.2, 0.25) is 0 Å². The molecule has 4 rings (SSSR count). The molecule has 1 aromatic carbocycles. The van der Waals surface area contributed by atoms with Crippen molar-refractivity contribution in [1.82, 2.24) is 20.0 Å². The highest BCUT2D eigenvalue weighted by Crippen LogP contribution is 2.27. The maximum absolute atomic E-state index is 13.1. The van der Waals surface area contributed by atoms with Gasteiger partial charge in [0.1, 0.15) is 0 Å². The van der Waals surface area contributed by atoms with E-state index in [2.05, 4.69) is 48.1 Å². The van der Waals surface area contributed by atoms with Crippen LogP contribution < -0.4 is 5.32 Å². The van der Waals surface area contributed by atoms with Crippen molar-refractivity contribution >= 4 is 17.7 Å². The number of aromatic nitrogens is 2. The number of rotatable bonds is 5. The van der Waals surface area contributed by atoms with E-state index in [1.165, 1.54) is 22.4 Å². The largest absolute Gasteiger partial charge is 0.336 e. The molecule has 28 heavy (non-hydrogen) atoms. The third kappa shape index (κ3) is 4.13. The summed E-state index contributed by atoms with van der Waals surface area (Å²) in [5.41, 5.74) is 5.74. The van der Waals surface area contributed by atoms with E-state index in [0.29, 0.717) is 11.7 Å². The van der Waals surface area contributed by atoms with Gasteiger partial charge in [0.25, 0.3) is 5.91 Å². The maximum Gasteiger partial charge on any atom is 0.274 e. The molecule has 5 nitrogen and oxygen atoms in total. The topological polar surface area (TPSA) is 50.2 Å².